The molecule has 0 aliphatic rings. The average molecular weight is 147 g/mol. The average Bonchev–Trinajstić information content (AvgIpc) is 1.86. The highest BCUT2D eigenvalue weighted by Crippen LogP contribution is 2.13. The molecular weight excluding hydrogens is 130 g/mol. The molecule has 3 N–H and O–H groups in total. The summed E-state index contributed by atoms with van der Waals surface area (Å²) in [5.74, 6) is 0. The minimum Gasteiger partial charge on any atom is -0.392 e. The molecule has 0 aromatic carbocycles. The van der Waals surface area contributed by atoms with Gasteiger partial charge < -0.3 is 15.6 Å². The van der Waals surface area contributed by atoms with Crippen molar-refractivity contribution < 1.29 is 9.84 Å². The highest BCUT2D eigenvalue weighted by molar-refractivity contribution is 4.85. The van der Waals surface area contributed by atoms with Crippen molar-refractivity contribution in [2.75, 3.05) is 7.11 Å². The smallest absolute Gasteiger partial charge is 0.0798 e. The van der Waals surface area contributed by atoms with Gasteiger partial charge in [0.2, 0.25) is 0 Å². The third-order valence-electron chi connectivity index (χ3n) is 1.85. The molecule has 0 spiro atoms. The van der Waals surface area contributed by atoms with E-state index in [1.165, 1.54) is 0 Å². The Kier molecular flexibility index (Phi) is 3.28. The van der Waals surface area contributed by atoms with Gasteiger partial charge in [-0.1, -0.05) is 0 Å². The SMILES string of the molecule is COC(C)(C)[C@@H](N)[C@@H](C)O. The van der Waals surface area contributed by atoms with E-state index in [9.17, 15) is 0 Å². The molecule has 0 heterocycles. The van der Waals surface area contributed by atoms with Crippen molar-refractivity contribution in [3.63, 3.8) is 0 Å². The molecule has 0 fully saturated rings. The Balaban J connectivity index is 4.03. The van der Waals surface area contributed by atoms with E-state index in [0.29, 0.717) is 0 Å². The topological polar surface area (TPSA) is 55.5 Å². The Morgan fingerprint density at radius 2 is 1.90 bits per heavy atom. The monoisotopic (exact) mass is 147 g/mol. The molecular formula is C7H17NO2. The van der Waals surface area contributed by atoms with E-state index in [1.807, 2.05) is 13.8 Å². The molecule has 0 aromatic rings. The molecule has 0 saturated carbocycles. The van der Waals surface area contributed by atoms with Crippen LogP contribution < -0.4 is 5.73 Å². The van der Waals surface area contributed by atoms with Gasteiger partial charge in [0.25, 0.3) is 0 Å². The van der Waals surface area contributed by atoms with Crippen molar-refractivity contribution in [1.82, 2.24) is 0 Å². The molecule has 0 unspecified atom stereocenters. The van der Waals surface area contributed by atoms with Gasteiger partial charge in [-0.3, -0.25) is 0 Å². The maximum Gasteiger partial charge on any atom is 0.0798 e. The van der Waals surface area contributed by atoms with Crippen molar-refractivity contribution in [3.8, 4) is 0 Å². The summed E-state index contributed by atoms with van der Waals surface area (Å²) in [4.78, 5) is 0. The van der Waals surface area contributed by atoms with Gasteiger partial charge in [-0.25, -0.2) is 0 Å². The Morgan fingerprint density at radius 1 is 1.50 bits per heavy atom. The molecule has 3 heteroatoms. The highest BCUT2D eigenvalue weighted by atomic mass is 16.5. The third kappa shape index (κ3) is 2.25. The summed E-state index contributed by atoms with van der Waals surface area (Å²) in [5.41, 5.74) is 5.18. The van der Waals surface area contributed by atoms with Crippen LogP contribution in [0.25, 0.3) is 0 Å². The predicted octanol–water partition coefficient (Wildman–Crippen LogP) is 0.120. The van der Waals surface area contributed by atoms with Gasteiger partial charge >= 0.3 is 0 Å². The van der Waals surface area contributed by atoms with Crippen LogP contribution in [0.5, 0.6) is 0 Å². The van der Waals surface area contributed by atoms with E-state index < -0.39 is 11.7 Å². The van der Waals surface area contributed by atoms with Crippen LogP contribution in [-0.4, -0.2) is 30.0 Å². The fourth-order valence-corrected chi connectivity index (χ4v) is 0.717. The highest BCUT2D eigenvalue weighted by Gasteiger charge is 2.29. The van der Waals surface area contributed by atoms with Crippen LogP contribution in [-0.2, 0) is 4.74 Å². The second kappa shape index (κ2) is 3.32. The maximum atomic E-state index is 9.08. The number of hydrogen-bond donors (Lipinski definition) is 2. The van der Waals surface area contributed by atoms with E-state index in [2.05, 4.69) is 0 Å². The van der Waals surface area contributed by atoms with Crippen LogP contribution in [0.15, 0.2) is 0 Å². The largest absolute Gasteiger partial charge is 0.392 e. The van der Waals surface area contributed by atoms with E-state index >= 15 is 0 Å². The summed E-state index contributed by atoms with van der Waals surface area (Å²) in [6.07, 6.45) is -0.532. The number of ether oxygens (including phenoxy) is 1. The molecule has 3 nitrogen and oxygen atoms in total. The molecule has 0 amide bonds. The van der Waals surface area contributed by atoms with Crippen LogP contribution in [0.4, 0.5) is 0 Å². The van der Waals surface area contributed by atoms with Crippen LogP contribution in [0, 0.1) is 0 Å². The summed E-state index contributed by atoms with van der Waals surface area (Å²) in [5, 5.41) is 9.08. The van der Waals surface area contributed by atoms with Gasteiger partial charge in [0.15, 0.2) is 0 Å². The van der Waals surface area contributed by atoms with Gasteiger partial charge in [0, 0.05) is 7.11 Å². The lowest BCUT2D eigenvalue weighted by Gasteiger charge is -2.31. The molecule has 2 atom stereocenters. The zero-order valence-corrected chi connectivity index (χ0v) is 7.09. The maximum absolute atomic E-state index is 9.08. The minimum atomic E-state index is -0.532. The van der Waals surface area contributed by atoms with Gasteiger partial charge in [0.1, 0.15) is 0 Å². The molecule has 0 rings (SSSR count). The second-order valence-electron chi connectivity index (χ2n) is 3.07. The number of rotatable bonds is 3. The molecule has 0 aliphatic heterocycles. The third-order valence-corrected chi connectivity index (χ3v) is 1.85. The molecule has 10 heavy (non-hydrogen) atoms. The fourth-order valence-electron chi connectivity index (χ4n) is 0.717. The van der Waals surface area contributed by atoms with Crippen LogP contribution in [0.1, 0.15) is 20.8 Å². The van der Waals surface area contributed by atoms with Crippen molar-refractivity contribution in [1.29, 1.82) is 0 Å². The van der Waals surface area contributed by atoms with Gasteiger partial charge in [-0.15, -0.1) is 0 Å². The van der Waals surface area contributed by atoms with Crippen molar-refractivity contribution in [2.45, 2.75) is 38.5 Å². The number of nitrogens with two attached hydrogens (primary N) is 1. The predicted molar refractivity (Wildman–Crippen MR) is 40.7 cm³/mol. The fraction of sp³-hybridized carbons (Fsp3) is 1.00. The number of hydrogen-bond acceptors (Lipinski definition) is 3. The van der Waals surface area contributed by atoms with Crippen LogP contribution >= 0.6 is 0 Å². The lowest BCUT2D eigenvalue weighted by atomic mass is 9.95. The second-order valence-corrected chi connectivity index (χ2v) is 3.07. The van der Waals surface area contributed by atoms with E-state index in [1.54, 1.807) is 14.0 Å². The van der Waals surface area contributed by atoms with Crippen molar-refractivity contribution in [3.05, 3.63) is 0 Å². The summed E-state index contributed by atoms with van der Waals surface area (Å²) in [6, 6.07) is -0.336. The van der Waals surface area contributed by atoms with Gasteiger partial charge in [-0.2, -0.15) is 0 Å². The Labute approximate surface area is 62.2 Å². The zero-order valence-electron chi connectivity index (χ0n) is 7.09. The summed E-state index contributed by atoms with van der Waals surface area (Å²) in [6.45, 7) is 5.36. The first-order valence-electron chi connectivity index (χ1n) is 3.40. The Morgan fingerprint density at radius 3 is 2.00 bits per heavy atom. The number of methoxy groups -OCH3 is 1. The summed E-state index contributed by atoms with van der Waals surface area (Å²) >= 11 is 0. The van der Waals surface area contributed by atoms with Gasteiger partial charge in [0.05, 0.1) is 17.7 Å². The first-order valence-corrected chi connectivity index (χ1v) is 3.40. The molecule has 0 bridgehead atoms. The molecule has 0 radical (unpaired) electrons. The molecule has 62 valence electrons. The quantitative estimate of drug-likeness (QED) is 0.596. The lowest BCUT2D eigenvalue weighted by molar-refractivity contribution is -0.0339. The van der Waals surface area contributed by atoms with Crippen LogP contribution in [0.3, 0.4) is 0 Å². The number of aliphatic hydroxyl groups is 1. The molecule has 0 aromatic heterocycles. The van der Waals surface area contributed by atoms with Crippen LogP contribution in [0.2, 0.25) is 0 Å². The normalized spacial score (nSPS) is 18.6. The molecule has 0 saturated heterocycles. The van der Waals surface area contributed by atoms with Crippen molar-refractivity contribution in [2.24, 2.45) is 5.73 Å². The van der Waals surface area contributed by atoms with E-state index in [-0.39, 0.29) is 6.04 Å². The first kappa shape index (κ1) is 9.88. The van der Waals surface area contributed by atoms with Crippen molar-refractivity contribution >= 4 is 0 Å². The van der Waals surface area contributed by atoms with Gasteiger partial charge in [-0.05, 0) is 20.8 Å². The van der Waals surface area contributed by atoms with E-state index in [0.717, 1.165) is 0 Å². The minimum absolute atomic E-state index is 0.336. The zero-order chi connectivity index (χ0) is 8.36. The Bertz CT molecular complexity index is 102. The lowest BCUT2D eigenvalue weighted by Crippen LogP contribution is -2.51. The van der Waals surface area contributed by atoms with E-state index in [4.69, 9.17) is 15.6 Å². The Hall–Kier alpha value is -0.120. The standard InChI is InChI=1S/C7H17NO2/c1-5(9)6(8)7(2,3)10-4/h5-6,9H,8H2,1-4H3/t5-,6+/m1/s1. The molecule has 0 aliphatic carbocycles. The summed E-state index contributed by atoms with van der Waals surface area (Å²) in [7, 11) is 1.59. The number of aliphatic hydroxyl groups excluding tert-OH is 1. The summed E-state index contributed by atoms with van der Waals surface area (Å²) < 4.78 is 5.08. The first-order chi connectivity index (χ1) is 4.41.